The van der Waals surface area contributed by atoms with Crippen LogP contribution in [-0.4, -0.2) is 43.0 Å². The van der Waals surface area contributed by atoms with Gasteiger partial charge in [-0.3, -0.25) is 4.79 Å². The lowest BCUT2D eigenvalue weighted by atomic mass is 10.2. The van der Waals surface area contributed by atoms with E-state index in [-0.39, 0.29) is 11.6 Å². The van der Waals surface area contributed by atoms with Crippen LogP contribution in [0.25, 0.3) is 23.2 Å². The van der Waals surface area contributed by atoms with Gasteiger partial charge >= 0.3 is 0 Å². The zero-order valence-electron chi connectivity index (χ0n) is 16.0. The molecule has 3 heterocycles. The number of rotatable bonds is 6. The van der Waals surface area contributed by atoms with E-state index in [0.717, 1.165) is 11.1 Å². The summed E-state index contributed by atoms with van der Waals surface area (Å²) >= 11 is 5.85. The number of carbonyl (C=O) groups is 1. The molecule has 3 aromatic heterocycles. The average Bonchev–Trinajstić information content (AvgIpc) is 3.46. The summed E-state index contributed by atoms with van der Waals surface area (Å²) < 4.78 is 6.83. The van der Waals surface area contributed by atoms with Crippen molar-refractivity contribution in [2.75, 3.05) is 7.05 Å². The van der Waals surface area contributed by atoms with Crippen LogP contribution in [0.1, 0.15) is 11.3 Å². The molecule has 0 aliphatic heterocycles. The Morgan fingerprint density at radius 1 is 1.17 bits per heavy atom. The summed E-state index contributed by atoms with van der Waals surface area (Å²) in [6.45, 7) is 0.335. The van der Waals surface area contributed by atoms with Gasteiger partial charge in [-0.25, -0.2) is 4.98 Å². The number of halogens is 1. The first-order valence-electron chi connectivity index (χ1n) is 9.07. The van der Waals surface area contributed by atoms with Gasteiger partial charge in [-0.2, -0.15) is 4.68 Å². The number of tetrazole rings is 1. The Morgan fingerprint density at radius 2 is 2.00 bits per heavy atom. The highest BCUT2D eigenvalue weighted by molar-refractivity contribution is 6.29. The van der Waals surface area contributed by atoms with Gasteiger partial charge in [0.1, 0.15) is 16.6 Å². The van der Waals surface area contributed by atoms with Gasteiger partial charge in [0.15, 0.2) is 5.82 Å². The molecule has 1 amide bonds. The second-order valence-electron chi connectivity index (χ2n) is 6.48. The maximum atomic E-state index is 13.4. The van der Waals surface area contributed by atoms with Crippen LogP contribution in [0.15, 0.2) is 71.5 Å². The Kier molecular flexibility index (Phi) is 5.67. The highest BCUT2D eigenvalue weighted by atomic mass is 35.5. The Bertz CT molecular complexity index is 1150. The topological polar surface area (TPSA) is 89.9 Å². The van der Waals surface area contributed by atoms with E-state index in [2.05, 4.69) is 20.5 Å². The van der Waals surface area contributed by atoms with E-state index >= 15 is 0 Å². The largest absolute Gasteiger partial charge is 0.465 e. The molecule has 4 rings (SSSR count). The molecule has 4 aromatic rings. The van der Waals surface area contributed by atoms with Crippen molar-refractivity contribution in [1.82, 2.24) is 30.1 Å². The predicted octanol–water partition coefficient (Wildman–Crippen LogP) is 3.64. The summed E-state index contributed by atoms with van der Waals surface area (Å²) in [6.07, 6.45) is 4.78. The molecular formula is C21H17ClN6O2. The van der Waals surface area contributed by atoms with Gasteiger partial charge in [0, 0.05) is 31.4 Å². The van der Waals surface area contributed by atoms with Crippen LogP contribution < -0.4 is 0 Å². The van der Waals surface area contributed by atoms with Gasteiger partial charge in [0.2, 0.25) is 0 Å². The van der Waals surface area contributed by atoms with Crippen molar-refractivity contribution < 1.29 is 9.21 Å². The standard InChI is InChI=1S/C21H17ClN6O2/c1-27(14-15-9-10-19(22)23-13-15)21(29)18(12-17-8-5-11-30-17)28-20(24-25-26-28)16-6-3-2-4-7-16/h2-13H,14H2,1H3/b18-12-. The minimum Gasteiger partial charge on any atom is -0.465 e. The summed E-state index contributed by atoms with van der Waals surface area (Å²) in [4.78, 5) is 19.0. The molecular weight excluding hydrogens is 404 g/mol. The van der Waals surface area contributed by atoms with Crippen molar-refractivity contribution >= 4 is 29.3 Å². The average molecular weight is 421 g/mol. The Hall–Kier alpha value is -3.78. The molecule has 1 aromatic carbocycles. The number of benzene rings is 1. The summed E-state index contributed by atoms with van der Waals surface area (Å²) in [5.41, 5.74) is 1.87. The van der Waals surface area contributed by atoms with Crippen LogP contribution in [0.5, 0.6) is 0 Å². The third-order valence-electron chi connectivity index (χ3n) is 4.33. The second-order valence-corrected chi connectivity index (χ2v) is 6.86. The zero-order chi connectivity index (χ0) is 20.9. The number of furan rings is 1. The smallest absolute Gasteiger partial charge is 0.272 e. The Balaban J connectivity index is 1.70. The summed E-state index contributed by atoms with van der Waals surface area (Å²) in [6, 6.07) is 16.4. The number of nitrogens with zero attached hydrogens (tertiary/aromatic N) is 6. The van der Waals surface area contributed by atoms with Gasteiger partial charge in [-0.15, -0.1) is 5.10 Å². The van der Waals surface area contributed by atoms with Crippen molar-refractivity contribution in [3.63, 3.8) is 0 Å². The van der Waals surface area contributed by atoms with E-state index in [1.54, 1.807) is 42.4 Å². The van der Waals surface area contributed by atoms with Gasteiger partial charge in [0.25, 0.3) is 5.91 Å². The normalized spacial score (nSPS) is 11.5. The Morgan fingerprint density at radius 3 is 2.70 bits per heavy atom. The molecule has 9 heteroatoms. The van der Waals surface area contributed by atoms with E-state index in [0.29, 0.717) is 23.3 Å². The molecule has 0 saturated carbocycles. The lowest BCUT2D eigenvalue weighted by Crippen LogP contribution is -2.29. The zero-order valence-corrected chi connectivity index (χ0v) is 16.8. The molecule has 0 unspecified atom stereocenters. The van der Waals surface area contributed by atoms with Crippen molar-refractivity contribution in [1.29, 1.82) is 0 Å². The summed E-state index contributed by atoms with van der Waals surface area (Å²) in [7, 11) is 1.69. The molecule has 0 radical (unpaired) electrons. The highest BCUT2D eigenvalue weighted by Crippen LogP contribution is 2.22. The monoisotopic (exact) mass is 420 g/mol. The number of likely N-dealkylation sites (N-methyl/N-ethyl adjacent to an activating group) is 1. The van der Waals surface area contributed by atoms with Crippen LogP contribution in [0.3, 0.4) is 0 Å². The lowest BCUT2D eigenvalue weighted by molar-refractivity contribution is -0.124. The fraction of sp³-hybridized carbons (Fsp3) is 0.0952. The molecule has 0 fully saturated rings. The highest BCUT2D eigenvalue weighted by Gasteiger charge is 2.23. The SMILES string of the molecule is CN(Cc1ccc(Cl)nc1)C(=O)/C(=C/c1ccco1)n1nnnc1-c1ccccc1. The van der Waals surface area contributed by atoms with E-state index < -0.39 is 0 Å². The molecule has 30 heavy (non-hydrogen) atoms. The molecule has 0 saturated heterocycles. The number of aromatic nitrogens is 5. The van der Waals surface area contributed by atoms with Crippen LogP contribution in [0.2, 0.25) is 5.15 Å². The van der Waals surface area contributed by atoms with Crippen molar-refractivity contribution in [3.8, 4) is 11.4 Å². The molecule has 0 spiro atoms. The fourth-order valence-corrected chi connectivity index (χ4v) is 2.99. The molecule has 0 bridgehead atoms. The lowest BCUT2D eigenvalue weighted by Gasteiger charge is -2.19. The van der Waals surface area contributed by atoms with Crippen LogP contribution in [-0.2, 0) is 11.3 Å². The third kappa shape index (κ3) is 4.28. The number of carbonyl (C=O) groups excluding carboxylic acids is 1. The molecule has 0 aliphatic carbocycles. The number of hydrogen-bond donors (Lipinski definition) is 0. The maximum Gasteiger partial charge on any atom is 0.272 e. The molecule has 0 N–H and O–H groups in total. The number of hydrogen-bond acceptors (Lipinski definition) is 6. The first-order valence-corrected chi connectivity index (χ1v) is 9.45. The van der Waals surface area contributed by atoms with Gasteiger partial charge in [-0.05, 0) is 34.2 Å². The van der Waals surface area contributed by atoms with Crippen LogP contribution in [0, 0.1) is 0 Å². The van der Waals surface area contributed by atoms with E-state index in [4.69, 9.17) is 16.0 Å². The van der Waals surface area contributed by atoms with Crippen molar-refractivity contribution in [2.24, 2.45) is 0 Å². The molecule has 0 atom stereocenters. The quantitative estimate of drug-likeness (QED) is 0.349. The number of amides is 1. The van der Waals surface area contributed by atoms with Crippen LogP contribution >= 0.6 is 11.6 Å². The fourth-order valence-electron chi connectivity index (χ4n) is 2.88. The first-order chi connectivity index (χ1) is 14.6. The van der Waals surface area contributed by atoms with Crippen molar-refractivity contribution in [3.05, 3.63) is 83.5 Å². The first kappa shape index (κ1) is 19.5. The minimum absolute atomic E-state index is 0.248. The predicted molar refractivity (Wildman–Crippen MR) is 112 cm³/mol. The van der Waals surface area contributed by atoms with Gasteiger partial charge in [-0.1, -0.05) is 48.0 Å². The van der Waals surface area contributed by atoms with Gasteiger partial charge < -0.3 is 9.32 Å². The summed E-state index contributed by atoms with van der Waals surface area (Å²) in [5, 5.41) is 12.3. The van der Waals surface area contributed by atoms with E-state index in [1.807, 2.05) is 36.4 Å². The van der Waals surface area contributed by atoms with Crippen molar-refractivity contribution in [2.45, 2.75) is 6.54 Å². The maximum absolute atomic E-state index is 13.4. The minimum atomic E-state index is -0.286. The molecule has 0 aliphatic rings. The van der Waals surface area contributed by atoms with Crippen LogP contribution in [0.4, 0.5) is 0 Å². The molecule has 150 valence electrons. The van der Waals surface area contributed by atoms with E-state index in [1.165, 1.54) is 10.9 Å². The Labute approximate surface area is 177 Å². The second kappa shape index (κ2) is 8.71. The third-order valence-corrected chi connectivity index (χ3v) is 4.55. The summed E-state index contributed by atoms with van der Waals surface area (Å²) in [5.74, 6) is 0.670. The number of pyridine rings is 1. The van der Waals surface area contributed by atoms with Gasteiger partial charge in [0.05, 0.1) is 6.26 Å². The van der Waals surface area contributed by atoms with E-state index in [9.17, 15) is 4.79 Å². The molecule has 8 nitrogen and oxygen atoms in total.